The van der Waals surface area contributed by atoms with Crippen molar-refractivity contribution in [2.24, 2.45) is 0 Å². The molecule has 2 unspecified atom stereocenters. The van der Waals surface area contributed by atoms with Gasteiger partial charge in [-0.05, 0) is 41.0 Å². The first-order valence-corrected chi connectivity index (χ1v) is 9.62. The second kappa shape index (κ2) is 8.43. The van der Waals surface area contributed by atoms with Crippen LogP contribution in [0.15, 0.2) is 72.1 Å². The van der Waals surface area contributed by atoms with E-state index in [0.717, 1.165) is 21.8 Å². The van der Waals surface area contributed by atoms with Gasteiger partial charge in [-0.25, -0.2) is 4.98 Å². The molecule has 2 atom stereocenters. The lowest BCUT2D eigenvalue weighted by molar-refractivity contribution is 0.414. The van der Waals surface area contributed by atoms with E-state index in [1.807, 2.05) is 59.3 Å². The number of methoxy groups -OCH3 is 1. The van der Waals surface area contributed by atoms with E-state index in [1.165, 1.54) is 0 Å². The number of aromatic nitrogens is 2. The third-order valence-electron chi connectivity index (χ3n) is 3.89. The van der Waals surface area contributed by atoms with Crippen LogP contribution < -0.4 is 4.74 Å². The highest BCUT2D eigenvalue weighted by molar-refractivity contribution is 7.90. The van der Waals surface area contributed by atoms with Crippen molar-refractivity contribution in [3.8, 4) is 5.75 Å². The molecule has 1 heterocycles. The molecule has 130 valence electrons. The zero-order valence-corrected chi connectivity index (χ0v) is 15.4. The lowest BCUT2D eigenvalue weighted by Crippen LogP contribution is -2.06. The molecule has 0 saturated heterocycles. The summed E-state index contributed by atoms with van der Waals surface area (Å²) >= 11 is 5.36. The van der Waals surface area contributed by atoms with E-state index in [1.54, 1.807) is 19.6 Å². The van der Waals surface area contributed by atoms with Crippen LogP contribution >= 0.6 is 11.6 Å². The Labute approximate surface area is 155 Å². The molecule has 6 heteroatoms. The Morgan fingerprint density at radius 1 is 1.16 bits per heavy atom. The Kier molecular flexibility index (Phi) is 6.02. The van der Waals surface area contributed by atoms with Crippen LogP contribution in [0, 0.1) is 0 Å². The average molecular weight is 375 g/mol. The van der Waals surface area contributed by atoms with Crippen molar-refractivity contribution >= 4 is 22.8 Å². The first-order valence-electron chi connectivity index (χ1n) is 7.87. The number of imidazole rings is 1. The highest BCUT2D eigenvalue weighted by atomic mass is 35.5. The topological polar surface area (TPSA) is 50.1 Å². The number of nitrogens with zero attached hydrogens (tertiary/aromatic N) is 2. The summed E-state index contributed by atoms with van der Waals surface area (Å²) < 4.78 is 19.6. The zero-order valence-electron chi connectivity index (χ0n) is 13.8. The summed E-state index contributed by atoms with van der Waals surface area (Å²) in [6.07, 6.45) is 5.36. The molecule has 1 aromatic heterocycles. The average Bonchev–Trinajstić information content (AvgIpc) is 3.15. The molecule has 25 heavy (non-hydrogen) atoms. The van der Waals surface area contributed by atoms with Crippen molar-refractivity contribution in [2.45, 2.75) is 22.6 Å². The van der Waals surface area contributed by atoms with Crippen molar-refractivity contribution in [2.75, 3.05) is 7.11 Å². The van der Waals surface area contributed by atoms with Crippen LogP contribution in [0.5, 0.6) is 5.75 Å². The Hall–Kier alpha value is -1.95. The van der Waals surface area contributed by atoms with E-state index in [0.29, 0.717) is 12.3 Å². The fraction of sp³-hybridized carbons (Fsp3) is 0.211. The highest BCUT2D eigenvalue weighted by Crippen LogP contribution is 2.25. The van der Waals surface area contributed by atoms with E-state index in [2.05, 4.69) is 4.98 Å². The first-order chi connectivity index (χ1) is 12.2. The molecule has 0 amide bonds. The fourth-order valence-corrected chi connectivity index (χ4v) is 3.88. The molecule has 0 bridgehead atoms. The van der Waals surface area contributed by atoms with E-state index in [-0.39, 0.29) is 5.38 Å². The van der Waals surface area contributed by atoms with Gasteiger partial charge in [-0.2, -0.15) is 0 Å². The van der Waals surface area contributed by atoms with Crippen LogP contribution in [0.25, 0.3) is 0 Å². The lowest BCUT2D eigenvalue weighted by atomic mass is 10.1. The minimum atomic E-state index is -1.10. The number of hydrogen-bond acceptors (Lipinski definition) is 3. The number of alkyl halides is 1. The highest BCUT2D eigenvalue weighted by Gasteiger charge is 2.14. The van der Waals surface area contributed by atoms with E-state index >= 15 is 0 Å². The van der Waals surface area contributed by atoms with E-state index < -0.39 is 11.2 Å². The molecule has 0 aliphatic rings. The summed E-state index contributed by atoms with van der Waals surface area (Å²) in [6, 6.07) is 15.3. The predicted octanol–water partition coefficient (Wildman–Crippen LogP) is 4.18. The molecule has 0 N–H and O–H groups in total. The summed E-state index contributed by atoms with van der Waals surface area (Å²) in [4.78, 5) is 4.81. The van der Waals surface area contributed by atoms with Gasteiger partial charge in [0.15, 0.2) is 4.90 Å². The van der Waals surface area contributed by atoms with Crippen molar-refractivity contribution in [3.63, 3.8) is 0 Å². The molecule has 0 fully saturated rings. The molecule has 0 spiro atoms. The maximum Gasteiger partial charge on any atom is 0.153 e. The standard InChI is InChI=1S/C19H19ClN2O2S/c1-24-17-6-2-15(3-7-17)13-25(23)18-8-4-16(5-9-18)19(20)12-22-11-10-21-14-22/h2-11,14,19H,12-13H2,1H3. The predicted molar refractivity (Wildman–Crippen MR) is 100 cm³/mol. The van der Waals surface area contributed by atoms with Gasteiger partial charge in [0.05, 0.1) is 18.8 Å². The molecule has 3 aromatic rings. The van der Waals surface area contributed by atoms with Crippen LogP contribution in [-0.2, 0) is 23.5 Å². The van der Waals surface area contributed by atoms with Crippen LogP contribution in [0.1, 0.15) is 16.5 Å². The van der Waals surface area contributed by atoms with Crippen molar-refractivity contribution < 1.29 is 9.29 Å². The molecule has 0 saturated carbocycles. The summed E-state index contributed by atoms with van der Waals surface area (Å²) in [5.41, 5.74) is 2.01. The summed E-state index contributed by atoms with van der Waals surface area (Å²) in [6.45, 7) is 0.649. The first kappa shape index (κ1) is 17.9. The number of ether oxygens (including phenoxy) is 1. The minimum Gasteiger partial charge on any atom is -0.611 e. The summed E-state index contributed by atoms with van der Waals surface area (Å²) in [5.74, 6) is 1.27. The van der Waals surface area contributed by atoms with Crippen LogP contribution in [-0.4, -0.2) is 21.2 Å². The van der Waals surface area contributed by atoms with Crippen molar-refractivity contribution in [3.05, 3.63) is 78.4 Å². The number of halogens is 1. The van der Waals surface area contributed by atoms with Gasteiger partial charge in [0.1, 0.15) is 11.5 Å². The van der Waals surface area contributed by atoms with Gasteiger partial charge >= 0.3 is 0 Å². The number of hydrogen-bond donors (Lipinski definition) is 0. The van der Waals surface area contributed by atoms with Gasteiger partial charge in [-0.1, -0.05) is 24.3 Å². The third kappa shape index (κ3) is 4.78. The monoisotopic (exact) mass is 374 g/mol. The van der Waals surface area contributed by atoms with Gasteiger partial charge in [0, 0.05) is 24.5 Å². The smallest absolute Gasteiger partial charge is 0.153 e. The second-order valence-electron chi connectivity index (χ2n) is 5.63. The molecule has 0 radical (unpaired) electrons. The van der Waals surface area contributed by atoms with Crippen molar-refractivity contribution in [1.29, 1.82) is 0 Å². The van der Waals surface area contributed by atoms with E-state index in [9.17, 15) is 4.55 Å². The maximum absolute atomic E-state index is 12.5. The summed E-state index contributed by atoms with van der Waals surface area (Å²) in [5, 5.41) is -0.154. The molecule has 0 aliphatic heterocycles. The normalized spacial score (nSPS) is 13.4. The van der Waals surface area contributed by atoms with Gasteiger partial charge in [-0.3, -0.25) is 0 Å². The third-order valence-corrected chi connectivity index (χ3v) is 5.68. The molecular weight excluding hydrogens is 356 g/mol. The van der Waals surface area contributed by atoms with Crippen LogP contribution in [0.2, 0.25) is 0 Å². The van der Waals surface area contributed by atoms with Crippen molar-refractivity contribution in [1.82, 2.24) is 9.55 Å². The molecule has 4 nitrogen and oxygen atoms in total. The quantitative estimate of drug-likeness (QED) is 0.460. The summed E-state index contributed by atoms with van der Waals surface area (Å²) in [7, 11) is 1.63. The SMILES string of the molecule is COc1ccc(C[S+]([O-])c2ccc(C(Cl)Cn3ccnc3)cc2)cc1. The molecule has 3 rings (SSSR count). The minimum absolute atomic E-state index is 0.154. The van der Waals surface area contributed by atoms with Crippen LogP contribution in [0.3, 0.4) is 0 Å². The molecule has 0 aliphatic carbocycles. The van der Waals surface area contributed by atoms with E-state index in [4.69, 9.17) is 16.3 Å². The number of benzene rings is 2. The zero-order chi connectivity index (χ0) is 17.6. The Morgan fingerprint density at radius 3 is 2.48 bits per heavy atom. The molecule has 2 aromatic carbocycles. The Bertz CT molecular complexity index is 776. The lowest BCUT2D eigenvalue weighted by Gasteiger charge is -2.13. The van der Waals surface area contributed by atoms with Crippen LogP contribution in [0.4, 0.5) is 0 Å². The largest absolute Gasteiger partial charge is 0.611 e. The molecular formula is C19H19ClN2O2S. The number of rotatable bonds is 7. The Balaban J connectivity index is 1.62. The second-order valence-corrected chi connectivity index (χ2v) is 7.61. The van der Waals surface area contributed by atoms with Gasteiger partial charge in [0.25, 0.3) is 0 Å². The Morgan fingerprint density at radius 2 is 1.88 bits per heavy atom. The fourth-order valence-electron chi connectivity index (χ4n) is 2.47. The van der Waals surface area contributed by atoms with Gasteiger partial charge in [-0.15, -0.1) is 11.6 Å². The maximum atomic E-state index is 12.5. The van der Waals surface area contributed by atoms with Gasteiger partial charge < -0.3 is 13.9 Å². The van der Waals surface area contributed by atoms with Gasteiger partial charge in [0.2, 0.25) is 0 Å².